The zero-order valence-corrected chi connectivity index (χ0v) is 9.27. The highest BCUT2D eigenvalue weighted by Crippen LogP contribution is 2.08. The van der Waals surface area contributed by atoms with Gasteiger partial charge < -0.3 is 0 Å². The Morgan fingerprint density at radius 3 is 2.80 bits per heavy atom. The molecule has 0 aliphatic heterocycles. The third-order valence-corrected chi connectivity index (χ3v) is 2.18. The van der Waals surface area contributed by atoms with Crippen LogP contribution in [-0.4, -0.2) is 11.5 Å². The summed E-state index contributed by atoms with van der Waals surface area (Å²) in [6.45, 7) is 5.19. The summed E-state index contributed by atoms with van der Waals surface area (Å²) in [5.74, 6) is 0.653. The Morgan fingerprint density at radius 1 is 1.47 bits per heavy atom. The molecule has 1 N–H and O–H groups in total. The van der Waals surface area contributed by atoms with Crippen molar-refractivity contribution in [3.05, 3.63) is 30.1 Å². The van der Waals surface area contributed by atoms with Gasteiger partial charge >= 0.3 is 0 Å². The van der Waals surface area contributed by atoms with E-state index in [9.17, 15) is 0 Å². The summed E-state index contributed by atoms with van der Waals surface area (Å²) in [4.78, 5) is 4.16. The number of nitrogens with one attached hydrogen (secondary N) is 1. The van der Waals surface area contributed by atoms with Crippen molar-refractivity contribution < 1.29 is 0 Å². The van der Waals surface area contributed by atoms with Crippen LogP contribution in [0.5, 0.6) is 0 Å². The molecule has 3 heteroatoms. The van der Waals surface area contributed by atoms with Gasteiger partial charge in [0.25, 0.3) is 0 Å². The molecule has 0 radical (unpaired) electrons. The van der Waals surface area contributed by atoms with Gasteiger partial charge in [-0.15, -0.1) is 0 Å². The van der Waals surface area contributed by atoms with Gasteiger partial charge in [-0.3, -0.25) is 10.3 Å². The molecular formula is C12H17N3. The molecule has 0 saturated carbocycles. The molecule has 0 bridgehead atoms. The summed E-state index contributed by atoms with van der Waals surface area (Å²) in [5, 5.41) is 12.2. The fraction of sp³-hybridized carbons (Fsp3) is 0.500. The summed E-state index contributed by atoms with van der Waals surface area (Å²) >= 11 is 0. The lowest BCUT2D eigenvalue weighted by atomic mass is 10.1. The molecule has 1 aromatic rings. The van der Waals surface area contributed by atoms with Crippen LogP contribution in [0.2, 0.25) is 0 Å². The molecular weight excluding hydrogens is 186 g/mol. The van der Waals surface area contributed by atoms with Crippen LogP contribution in [0.4, 0.5) is 0 Å². The molecule has 1 rings (SSSR count). The van der Waals surface area contributed by atoms with E-state index in [1.807, 2.05) is 18.2 Å². The standard InChI is InChI=1S/C12H17N3/c1-10(2)6-8-15-12(9-13)11-5-3-4-7-14-11/h3-5,7,10,12,15H,6,8H2,1-2H3. The Labute approximate surface area is 91.1 Å². The predicted molar refractivity (Wildman–Crippen MR) is 60.0 cm³/mol. The van der Waals surface area contributed by atoms with Gasteiger partial charge in [0.2, 0.25) is 0 Å². The summed E-state index contributed by atoms with van der Waals surface area (Å²) in [5.41, 5.74) is 0.795. The minimum atomic E-state index is -0.287. The Balaban J connectivity index is 2.48. The zero-order chi connectivity index (χ0) is 11.1. The maximum Gasteiger partial charge on any atom is 0.138 e. The van der Waals surface area contributed by atoms with Gasteiger partial charge in [-0.2, -0.15) is 5.26 Å². The minimum Gasteiger partial charge on any atom is -0.297 e. The van der Waals surface area contributed by atoms with E-state index >= 15 is 0 Å². The van der Waals surface area contributed by atoms with Crippen molar-refractivity contribution >= 4 is 0 Å². The Bertz CT molecular complexity index is 313. The van der Waals surface area contributed by atoms with Crippen LogP contribution >= 0.6 is 0 Å². The van der Waals surface area contributed by atoms with E-state index in [1.54, 1.807) is 6.20 Å². The van der Waals surface area contributed by atoms with Crippen molar-refractivity contribution in [3.63, 3.8) is 0 Å². The number of pyridine rings is 1. The average Bonchev–Trinajstić information content (AvgIpc) is 2.25. The second-order valence-electron chi connectivity index (χ2n) is 3.95. The molecule has 0 fully saturated rings. The molecule has 0 aromatic carbocycles. The summed E-state index contributed by atoms with van der Waals surface area (Å²) in [6, 6.07) is 7.56. The van der Waals surface area contributed by atoms with Crippen molar-refractivity contribution in [2.75, 3.05) is 6.54 Å². The summed E-state index contributed by atoms with van der Waals surface area (Å²) < 4.78 is 0. The fourth-order valence-corrected chi connectivity index (χ4v) is 1.28. The second-order valence-corrected chi connectivity index (χ2v) is 3.95. The normalized spacial score (nSPS) is 12.4. The maximum atomic E-state index is 8.99. The number of nitrogens with zero attached hydrogens (tertiary/aromatic N) is 2. The Morgan fingerprint density at radius 2 is 2.27 bits per heavy atom. The van der Waals surface area contributed by atoms with Crippen LogP contribution in [0.25, 0.3) is 0 Å². The zero-order valence-electron chi connectivity index (χ0n) is 9.27. The molecule has 1 aromatic heterocycles. The molecule has 1 unspecified atom stereocenters. The van der Waals surface area contributed by atoms with Gasteiger partial charge in [-0.05, 0) is 31.0 Å². The molecule has 0 saturated heterocycles. The number of hydrogen-bond acceptors (Lipinski definition) is 3. The third kappa shape index (κ3) is 4.09. The van der Waals surface area contributed by atoms with E-state index in [0.29, 0.717) is 5.92 Å². The van der Waals surface area contributed by atoms with Crippen LogP contribution in [0.3, 0.4) is 0 Å². The van der Waals surface area contributed by atoms with Gasteiger partial charge in [0.15, 0.2) is 0 Å². The monoisotopic (exact) mass is 203 g/mol. The van der Waals surface area contributed by atoms with Crippen LogP contribution in [0.15, 0.2) is 24.4 Å². The third-order valence-electron chi connectivity index (χ3n) is 2.18. The molecule has 15 heavy (non-hydrogen) atoms. The Kier molecular flexibility index (Phi) is 4.79. The highest BCUT2D eigenvalue weighted by atomic mass is 14.9. The van der Waals surface area contributed by atoms with Gasteiger partial charge in [-0.25, -0.2) is 0 Å². The SMILES string of the molecule is CC(C)CCNC(C#N)c1ccccn1. The van der Waals surface area contributed by atoms with Crippen molar-refractivity contribution in [1.29, 1.82) is 5.26 Å². The maximum absolute atomic E-state index is 8.99. The quantitative estimate of drug-likeness (QED) is 0.798. The molecule has 0 aliphatic carbocycles. The highest BCUT2D eigenvalue weighted by Gasteiger charge is 2.09. The topological polar surface area (TPSA) is 48.7 Å². The molecule has 0 spiro atoms. The number of aromatic nitrogens is 1. The van der Waals surface area contributed by atoms with Crippen molar-refractivity contribution in [1.82, 2.24) is 10.3 Å². The second kappa shape index (κ2) is 6.15. The van der Waals surface area contributed by atoms with Gasteiger partial charge in [-0.1, -0.05) is 19.9 Å². The van der Waals surface area contributed by atoms with E-state index in [1.165, 1.54) is 0 Å². The van der Waals surface area contributed by atoms with Crippen molar-refractivity contribution in [3.8, 4) is 6.07 Å². The van der Waals surface area contributed by atoms with Crippen molar-refractivity contribution in [2.24, 2.45) is 5.92 Å². The van der Waals surface area contributed by atoms with Crippen LogP contribution < -0.4 is 5.32 Å². The summed E-state index contributed by atoms with van der Waals surface area (Å²) in [6.07, 6.45) is 2.79. The lowest BCUT2D eigenvalue weighted by Gasteiger charge is -2.11. The van der Waals surface area contributed by atoms with Crippen LogP contribution in [0.1, 0.15) is 32.0 Å². The highest BCUT2D eigenvalue weighted by molar-refractivity contribution is 5.15. The first-order chi connectivity index (χ1) is 7.24. The number of nitriles is 1. The largest absolute Gasteiger partial charge is 0.297 e. The van der Waals surface area contributed by atoms with Gasteiger partial charge in [0.05, 0.1) is 11.8 Å². The van der Waals surface area contributed by atoms with Crippen molar-refractivity contribution in [2.45, 2.75) is 26.3 Å². The molecule has 0 aliphatic rings. The lowest BCUT2D eigenvalue weighted by Crippen LogP contribution is -2.22. The smallest absolute Gasteiger partial charge is 0.138 e. The minimum absolute atomic E-state index is 0.287. The molecule has 80 valence electrons. The van der Waals surface area contributed by atoms with Gasteiger partial charge in [0, 0.05) is 6.20 Å². The average molecular weight is 203 g/mol. The first kappa shape index (κ1) is 11.7. The van der Waals surface area contributed by atoms with E-state index < -0.39 is 0 Å². The van der Waals surface area contributed by atoms with Crippen LogP contribution in [0, 0.1) is 17.2 Å². The number of rotatable bonds is 5. The first-order valence-corrected chi connectivity index (χ1v) is 5.28. The molecule has 1 atom stereocenters. The number of hydrogen-bond donors (Lipinski definition) is 1. The predicted octanol–water partition coefficient (Wildman–Crippen LogP) is 2.28. The van der Waals surface area contributed by atoms with Crippen LogP contribution in [-0.2, 0) is 0 Å². The van der Waals surface area contributed by atoms with Gasteiger partial charge in [0.1, 0.15) is 6.04 Å². The van der Waals surface area contributed by atoms with E-state index in [0.717, 1.165) is 18.7 Å². The Hall–Kier alpha value is -1.40. The lowest BCUT2D eigenvalue weighted by molar-refractivity contribution is 0.515. The molecule has 1 heterocycles. The van der Waals surface area contributed by atoms with E-state index in [-0.39, 0.29) is 6.04 Å². The van der Waals surface area contributed by atoms with E-state index in [2.05, 4.69) is 30.2 Å². The summed E-state index contributed by atoms with van der Waals surface area (Å²) in [7, 11) is 0. The molecule has 3 nitrogen and oxygen atoms in total. The van der Waals surface area contributed by atoms with E-state index in [4.69, 9.17) is 5.26 Å². The first-order valence-electron chi connectivity index (χ1n) is 5.28. The fourth-order valence-electron chi connectivity index (χ4n) is 1.28. The molecule has 0 amide bonds.